The van der Waals surface area contributed by atoms with Crippen LogP contribution < -0.4 is 5.32 Å². The molecule has 1 saturated heterocycles. The number of nitrogens with one attached hydrogen (secondary N) is 1. The van der Waals surface area contributed by atoms with E-state index in [1.807, 2.05) is 19.9 Å². The molecule has 0 amide bonds. The smallest absolute Gasteiger partial charge is 0.252 e. The van der Waals surface area contributed by atoms with Crippen LogP contribution in [0.25, 0.3) is 5.95 Å². The third-order valence-electron chi connectivity index (χ3n) is 5.70. The molecule has 7 nitrogen and oxygen atoms in total. The first-order chi connectivity index (χ1) is 13.8. The lowest BCUT2D eigenvalue weighted by Gasteiger charge is -2.30. The molecular weight excluding hydrogens is 380 g/mol. The molecule has 0 unspecified atom stereocenters. The van der Waals surface area contributed by atoms with Crippen molar-refractivity contribution in [2.75, 3.05) is 18.5 Å². The molecule has 1 aliphatic heterocycles. The standard InChI is InChI=1S/C20H27F2N5O2/c1-12-9-13(2)27(26-12)19-24-16(15-11-29-8-5-17(15)28)10-18(25-19)23-14-3-6-20(21,22)7-4-14/h9-10,14-15,17,28H,3-8,11H2,1-2H3,(H,23,24,25)/t15-,17+/m0/s1. The second-order valence-corrected chi connectivity index (χ2v) is 8.13. The number of aryl methyl sites for hydroxylation is 2. The van der Waals surface area contributed by atoms with E-state index < -0.39 is 12.0 Å². The number of rotatable bonds is 4. The molecule has 1 aliphatic carbocycles. The van der Waals surface area contributed by atoms with Crippen molar-refractivity contribution in [2.45, 2.75) is 69.9 Å². The Hall–Kier alpha value is -2.13. The number of ether oxygens (including phenoxy) is 1. The molecule has 0 radical (unpaired) electrons. The fourth-order valence-electron chi connectivity index (χ4n) is 4.05. The molecule has 9 heteroatoms. The summed E-state index contributed by atoms with van der Waals surface area (Å²) in [5, 5.41) is 18.2. The Morgan fingerprint density at radius 1 is 1.17 bits per heavy atom. The van der Waals surface area contributed by atoms with Crippen LogP contribution in [0.1, 0.15) is 55.1 Å². The maximum absolute atomic E-state index is 13.5. The number of aliphatic hydroxyl groups excluding tert-OH is 1. The third kappa shape index (κ3) is 4.56. The minimum Gasteiger partial charge on any atom is -0.392 e. The van der Waals surface area contributed by atoms with E-state index >= 15 is 0 Å². The average Bonchev–Trinajstić information content (AvgIpc) is 3.02. The van der Waals surface area contributed by atoms with Gasteiger partial charge in [0.05, 0.1) is 30.0 Å². The first kappa shape index (κ1) is 20.2. The normalized spacial score (nSPS) is 25.1. The molecule has 0 spiro atoms. The predicted molar refractivity (Wildman–Crippen MR) is 104 cm³/mol. The molecule has 2 fully saturated rings. The third-order valence-corrected chi connectivity index (χ3v) is 5.70. The molecule has 2 aliphatic rings. The van der Waals surface area contributed by atoms with Crippen LogP contribution in [-0.4, -0.2) is 56.1 Å². The maximum atomic E-state index is 13.5. The van der Waals surface area contributed by atoms with E-state index in [4.69, 9.17) is 4.74 Å². The first-order valence-electron chi connectivity index (χ1n) is 10.1. The Bertz CT molecular complexity index is 863. The SMILES string of the molecule is Cc1cc(C)n(-c2nc(NC3CCC(F)(F)CC3)cc([C@@H]3COCC[C@H]3O)n2)n1. The first-order valence-corrected chi connectivity index (χ1v) is 10.1. The summed E-state index contributed by atoms with van der Waals surface area (Å²) in [6.45, 7) is 4.72. The summed E-state index contributed by atoms with van der Waals surface area (Å²) in [6, 6.07) is 3.66. The highest BCUT2D eigenvalue weighted by Gasteiger charge is 2.35. The molecule has 1 saturated carbocycles. The van der Waals surface area contributed by atoms with Gasteiger partial charge in [-0.15, -0.1) is 0 Å². The van der Waals surface area contributed by atoms with Gasteiger partial charge >= 0.3 is 0 Å². The molecule has 3 heterocycles. The Kier molecular flexibility index (Phi) is 5.52. The van der Waals surface area contributed by atoms with Gasteiger partial charge in [-0.3, -0.25) is 0 Å². The largest absolute Gasteiger partial charge is 0.392 e. The van der Waals surface area contributed by atoms with Gasteiger partial charge in [0, 0.05) is 37.3 Å². The molecule has 0 aromatic carbocycles. The van der Waals surface area contributed by atoms with Crippen molar-refractivity contribution in [3.8, 4) is 5.95 Å². The number of anilines is 1. The van der Waals surface area contributed by atoms with Gasteiger partial charge in [0.25, 0.3) is 5.95 Å². The van der Waals surface area contributed by atoms with E-state index in [0.717, 1.165) is 11.4 Å². The summed E-state index contributed by atoms with van der Waals surface area (Å²) in [7, 11) is 0. The van der Waals surface area contributed by atoms with Crippen molar-refractivity contribution in [2.24, 2.45) is 0 Å². The number of nitrogens with zero attached hydrogens (tertiary/aromatic N) is 4. The van der Waals surface area contributed by atoms with E-state index in [-0.39, 0.29) is 24.8 Å². The second kappa shape index (κ2) is 7.95. The average molecular weight is 407 g/mol. The number of aliphatic hydroxyl groups is 1. The molecular formula is C20H27F2N5O2. The van der Waals surface area contributed by atoms with E-state index in [0.29, 0.717) is 49.9 Å². The van der Waals surface area contributed by atoms with Crippen LogP contribution in [0.15, 0.2) is 12.1 Å². The Balaban J connectivity index is 1.65. The van der Waals surface area contributed by atoms with Gasteiger partial charge in [-0.25, -0.2) is 18.4 Å². The molecule has 158 valence electrons. The van der Waals surface area contributed by atoms with E-state index in [2.05, 4.69) is 20.4 Å². The van der Waals surface area contributed by atoms with Gasteiger partial charge in [0.15, 0.2) is 0 Å². The summed E-state index contributed by atoms with van der Waals surface area (Å²) in [4.78, 5) is 9.25. The van der Waals surface area contributed by atoms with Crippen molar-refractivity contribution in [3.05, 3.63) is 29.2 Å². The van der Waals surface area contributed by atoms with E-state index in [1.54, 1.807) is 10.7 Å². The zero-order valence-corrected chi connectivity index (χ0v) is 16.7. The molecule has 2 N–H and O–H groups in total. The lowest BCUT2D eigenvalue weighted by Crippen LogP contribution is -2.33. The fourth-order valence-corrected chi connectivity index (χ4v) is 4.05. The number of aromatic nitrogens is 4. The molecule has 2 atom stereocenters. The lowest BCUT2D eigenvalue weighted by atomic mass is 9.92. The summed E-state index contributed by atoms with van der Waals surface area (Å²) in [5.41, 5.74) is 2.41. The van der Waals surface area contributed by atoms with Crippen LogP contribution in [0.3, 0.4) is 0 Å². The van der Waals surface area contributed by atoms with Gasteiger partial charge in [0.2, 0.25) is 5.92 Å². The number of alkyl halides is 2. The number of hydrogen-bond donors (Lipinski definition) is 2. The highest BCUT2D eigenvalue weighted by atomic mass is 19.3. The molecule has 0 bridgehead atoms. The Morgan fingerprint density at radius 2 is 1.93 bits per heavy atom. The van der Waals surface area contributed by atoms with Crippen LogP contribution >= 0.6 is 0 Å². The summed E-state index contributed by atoms with van der Waals surface area (Å²) in [6.07, 6.45) is 0.524. The zero-order valence-electron chi connectivity index (χ0n) is 16.7. The van der Waals surface area contributed by atoms with Crippen LogP contribution in [0.4, 0.5) is 14.6 Å². The summed E-state index contributed by atoms with van der Waals surface area (Å²) in [5.74, 6) is -1.88. The zero-order chi connectivity index (χ0) is 20.6. The fraction of sp³-hybridized carbons (Fsp3) is 0.650. The van der Waals surface area contributed by atoms with Crippen molar-refractivity contribution in [1.29, 1.82) is 0 Å². The van der Waals surface area contributed by atoms with Crippen molar-refractivity contribution < 1.29 is 18.6 Å². The van der Waals surface area contributed by atoms with Crippen LogP contribution in [0.5, 0.6) is 0 Å². The lowest BCUT2D eigenvalue weighted by molar-refractivity contribution is -0.0361. The van der Waals surface area contributed by atoms with Crippen molar-refractivity contribution >= 4 is 5.82 Å². The highest BCUT2D eigenvalue weighted by Crippen LogP contribution is 2.34. The number of halogens is 2. The maximum Gasteiger partial charge on any atom is 0.252 e. The van der Waals surface area contributed by atoms with E-state index in [9.17, 15) is 13.9 Å². The van der Waals surface area contributed by atoms with Gasteiger partial charge in [-0.2, -0.15) is 10.1 Å². The van der Waals surface area contributed by atoms with Crippen LogP contribution in [0.2, 0.25) is 0 Å². The molecule has 29 heavy (non-hydrogen) atoms. The summed E-state index contributed by atoms with van der Waals surface area (Å²) >= 11 is 0. The van der Waals surface area contributed by atoms with Crippen molar-refractivity contribution in [1.82, 2.24) is 19.7 Å². The predicted octanol–water partition coefficient (Wildman–Crippen LogP) is 3.13. The van der Waals surface area contributed by atoms with Gasteiger partial charge in [-0.05, 0) is 39.2 Å². The van der Waals surface area contributed by atoms with Crippen LogP contribution in [-0.2, 0) is 4.74 Å². The van der Waals surface area contributed by atoms with Crippen LogP contribution in [0, 0.1) is 13.8 Å². The second-order valence-electron chi connectivity index (χ2n) is 8.13. The quantitative estimate of drug-likeness (QED) is 0.810. The Morgan fingerprint density at radius 3 is 2.59 bits per heavy atom. The topological polar surface area (TPSA) is 85.1 Å². The molecule has 2 aromatic heterocycles. The van der Waals surface area contributed by atoms with Gasteiger partial charge in [-0.1, -0.05) is 0 Å². The summed E-state index contributed by atoms with van der Waals surface area (Å²) < 4.78 is 34.2. The minimum atomic E-state index is -2.58. The van der Waals surface area contributed by atoms with Crippen molar-refractivity contribution in [3.63, 3.8) is 0 Å². The number of hydrogen-bond acceptors (Lipinski definition) is 6. The van der Waals surface area contributed by atoms with E-state index in [1.165, 1.54) is 0 Å². The highest BCUT2D eigenvalue weighted by molar-refractivity contribution is 5.41. The minimum absolute atomic E-state index is 0.0711. The monoisotopic (exact) mass is 407 g/mol. The molecule has 2 aromatic rings. The van der Waals surface area contributed by atoms with Gasteiger partial charge < -0.3 is 15.2 Å². The van der Waals surface area contributed by atoms with Gasteiger partial charge in [0.1, 0.15) is 5.82 Å². The molecule has 4 rings (SSSR count). The Labute approximate surface area is 168 Å².